The van der Waals surface area contributed by atoms with Crippen molar-refractivity contribution < 1.29 is 83.1 Å². The summed E-state index contributed by atoms with van der Waals surface area (Å²) in [7, 11) is -0.513. The van der Waals surface area contributed by atoms with Crippen LogP contribution in [-0.4, -0.2) is 147 Å². The quantitative estimate of drug-likeness (QED) is 0.0905. The van der Waals surface area contributed by atoms with Crippen molar-refractivity contribution >= 4 is 33.8 Å². The van der Waals surface area contributed by atoms with Gasteiger partial charge in [0.2, 0.25) is 15.8 Å². The number of hydrogen-bond acceptors (Lipinski definition) is 15. The minimum absolute atomic E-state index is 0.0365. The number of halogens is 5. The van der Waals surface area contributed by atoms with Crippen LogP contribution in [0.5, 0.6) is 0 Å². The van der Waals surface area contributed by atoms with Crippen LogP contribution in [0.3, 0.4) is 0 Å². The Bertz CT molecular complexity index is 2290. The maximum absolute atomic E-state index is 14.9. The summed E-state index contributed by atoms with van der Waals surface area (Å²) in [6, 6.07) is 3.18. The van der Waals surface area contributed by atoms with Crippen molar-refractivity contribution in [3.63, 3.8) is 0 Å². The van der Waals surface area contributed by atoms with Gasteiger partial charge in [-0.25, -0.2) is 39.9 Å². The van der Waals surface area contributed by atoms with Crippen molar-refractivity contribution in [2.24, 2.45) is 23.7 Å². The Kier molecular flexibility index (Phi) is 17.7. The van der Waals surface area contributed by atoms with Gasteiger partial charge in [-0.3, -0.25) is 24.3 Å². The molecule has 5 rings (SSSR count). The maximum Gasteiger partial charge on any atom is 0.410 e. The van der Waals surface area contributed by atoms with Gasteiger partial charge in [-0.2, -0.15) is 0 Å². The highest BCUT2D eigenvalue weighted by molar-refractivity contribution is 7.89. The van der Waals surface area contributed by atoms with Crippen molar-refractivity contribution in [1.29, 1.82) is 0 Å². The minimum Gasteiger partial charge on any atom is -0.461 e. The molecule has 1 aromatic carbocycles. The predicted molar refractivity (Wildman–Crippen MR) is 234 cm³/mol. The van der Waals surface area contributed by atoms with Gasteiger partial charge in [0.25, 0.3) is 0 Å². The highest BCUT2D eigenvalue weighted by Crippen LogP contribution is 2.44. The number of esters is 2. The largest absolute Gasteiger partial charge is 0.461 e. The number of carbonyl (C=O) groups excluding carboxylic acids is 4. The molecule has 386 valence electrons. The molecule has 1 amide bonds. The van der Waals surface area contributed by atoms with Gasteiger partial charge in [0.05, 0.1) is 41.9 Å². The molecule has 69 heavy (non-hydrogen) atoms. The molecule has 0 saturated carbocycles. The van der Waals surface area contributed by atoms with Gasteiger partial charge < -0.3 is 38.4 Å². The van der Waals surface area contributed by atoms with Crippen molar-refractivity contribution in [1.82, 2.24) is 19.5 Å². The number of nitrogens with zero attached hydrogens (tertiary/aromatic N) is 3. The number of carbonyl (C=O) groups is 4. The number of sulfonamides is 1. The smallest absolute Gasteiger partial charge is 0.410 e. The van der Waals surface area contributed by atoms with E-state index in [1.54, 1.807) is 64.7 Å². The first-order valence-corrected chi connectivity index (χ1v) is 24.2. The fraction of sp³-hybridized carbons (Fsp3) is 0.674. The number of amides is 1. The van der Waals surface area contributed by atoms with Gasteiger partial charge in [-0.15, -0.1) is 0 Å². The summed E-state index contributed by atoms with van der Waals surface area (Å²) in [6.45, 7) is 11.1. The minimum atomic E-state index is -5.48. The van der Waals surface area contributed by atoms with Crippen LogP contribution in [0.2, 0.25) is 0 Å². The van der Waals surface area contributed by atoms with E-state index in [1.165, 1.54) is 34.1 Å². The normalized spacial score (nSPS) is 33.9. The number of aliphatic hydroxyl groups is 1. The first-order chi connectivity index (χ1) is 32.1. The fourth-order valence-corrected chi connectivity index (χ4v) is 11.3. The molecule has 23 heteroatoms. The van der Waals surface area contributed by atoms with E-state index >= 15 is 0 Å². The number of rotatable bonds is 13. The number of aliphatic hydroxyl groups excluding tert-OH is 1. The third kappa shape index (κ3) is 11.4. The van der Waals surface area contributed by atoms with Crippen LogP contribution < -0.4 is 4.72 Å². The van der Waals surface area contributed by atoms with Crippen LogP contribution in [0.25, 0.3) is 0 Å². The summed E-state index contributed by atoms with van der Waals surface area (Å²) >= 11 is 0. The second kappa shape index (κ2) is 21.9. The SMILES string of the molecule is CC[C@H]1OC(=O)[C@H](C)[C@H](OC(=O)Cc2ccccn2)[C@@H](C)[C@@H](O[C@@H]2O[C@H](C)C[C@H](N(C)C)[C@H]2O)[C@](C)(OC)C[C@@H](C)C(=O)[C@H](C)[C@@H]2N(CCNS(=O)(=O)c3c(F)c(F)c(F)c(F)c3F)C(=O)O[C@@]21C. The molecule has 0 spiro atoms. The molecule has 0 unspecified atom stereocenters. The lowest BCUT2D eigenvalue weighted by atomic mass is 9.73. The first-order valence-electron chi connectivity index (χ1n) is 22.7. The van der Waals surface area contributed by atoms with Crippen LogP contribution in [0, 0.1) is 52.8 Å². The summed E-state index contributed by atoms with van der Waals surface area (Å²) in [5.41, 5.74) is -3.02. The lowest BCUT2D eigenvalue weighted by Crippen LogP contribution is -2.61. The predicted octanol–water partition coefficient (Wildman–Crippen LogP) is 4.84. The van der Waals surface area contributed by atoms with Gasteiger partial charge in [0, 0.05) is 50.2 Å². The second-order valence-electron chi connectivity index (χ2n) is 18.9. The van der Waals surface area contributed by atoms with Gasteiger partial charge in [0.15, 0.2) is 40.1 Å². The summed E-state index contributed by atoms with van der Waals surface area (Å²) in [5, 5.41) is 11.7. The van der Waals surface area contributed by atoms with Gasteiger partial charge in [-0.05, 0) is 73.2 Å². The number of fused-ring (bicyclic) bond motifs is 1. The highest BCUT2D eigenvalue weighted by Gasteiger charge is 2.60. The van der Waals surface area contributed by atoms with E-state index in [0.29, 0.717) is 12.1 Å². The Balaban J connectivity index is 1.59. The maximum atomic E-state index is 14.9. The average Bonchev–Trinajstić information content (AvgIpc) is 3.55. The molecule has 1 aromatic heterocycles. The number of likely N-dealkylation sites (N-methyl/N-ethyl adjacent to an activating group) is 1. The Labute approximate surface area is 398 Å². The zero-order chi connectivity index (χ0) is 51.7. The number of ketones is 1. The monoisotopic (exact) mass is 1010 g/mol. The molecule has 3 aliphatic rings. The number of hydrogen-bond donors (Lipinski definition) is 2. The average molecular weight is 1010 g/mol. The van der Waals surface area contributed by atoms with E-state index in [-0.39, 0.29) is 19.3 Å². The summed E-state index contributed by atoms with van der Waals surface area (Å²) in [6.07, 6.45) is -6.44. The number of benzene rings is 1. The number of Topliss-reactive ketones (excluding diaryl/α,β-unsaturated/α-hetero) is 1. The van der Waals surface area contributed by atoms with Crippen LogP contribution in [0.15, 0.2) is 29.3 Å². The van der Waals surface area contributed by atoms with E-state index in [4.69, 9.17) is 28.4 Å². The van der Waals surface area contributed by atoms with Crippen molar-refractivity contribution in [3.05, 3.63) is 59.2 Å². The van der Waals surface area contributed by atoms with Gasteiger partial charge in [0.1, 0.15) is 24.1 Å². The number of cyclic esters (lactones) is 1. The summed E-state index contributed by atoms with van der Waals surface area (Å²) in [4.78, 5) is 62.1. The topological polar surface area (TPSA) is 209 Å². The number of nitrogens with one attached hydrogen (secondary N) is 1. The fourth-order valence-electron chi connectivity index (χ4n) is 10.1. The van der Waals surface area contributed by atoms with Crippen LogP contribution in [0.4, 0.5) is 26.7 Å². The number of methoxy groups -OCH3 is 1. The van der Waals surface area contributed by atoms with E-state index in [9.17, 15) is 54.7 Å². The Hall–Kier alpha value is -4.39. The Morgan fingerprint density at radius 3 is 2.17 bits per heavy atom. The summed E-state index contributed by atoms with van der Waals surface area (Å²) < 4.78 is 137. The Morgan fingerprint density at radius 2 is 1.61 bits per heavy atom. The molecule has 3 saturated heterocycles. The summed E-state index contributed by atoms with van der Waals surface area (Å²) in [5.74, 6) is -19.4. The van der Waals surface area contributed by atoms with Gasteiger partial charge in [-0.1, -0.05) is 33.8 Å². The molecule has 0 radical (unpaired) electrons. The molecule has 3 fully saturated rings. The van der Waals surface area contributed by atoms with E-state index < -0.39 is 165 Å². The lowest BCUT2D eigenvalue weighted by molar-refractivity contribution is -0.301. The van der Waals surface area contributed by atoms with Crippen LogP contribution >= 0.6 is 0 Å². The number of pyridine rings is 1. The zero-order valence-corrected chi connectivity index (χ0v) is 41.3. The van der Waals surface area contributed by atoms with Gasteiger partial charge >= 0.3 is 18.0 Å². The Morgan fingerprint density at radius 1 is 0.986 bits per heavy atom. The van der Waals surface area contributed by atoms with Crippen LogP contribution in [-0.2, 0) is 59.2 Å². The van der Waals surface area contributed by atoms with E-state index in [0.717, 1.165) is 4.90 Å². The number of ether oxygens (including phenoxy) is 6. The molecule has 2 N–H and O–H groups in total. The second-order valence-corrected chi connectivity index (χ2v) is 20.6. The molecule has 17 nitrogen and oxygen atoms in total. The molecule has 0 aliphatic carbocycles. The third-order valence-electron chi connectivity index (χ3n) is 13.7. The molecular weight excluding hydrogens is 944 g/mol. The molecule has 0 bridgehead atoms. The molecule has 14 atom stereocenters. The molecule has 4 heterocycles. The van der Waals surface area contributed by atoms with Crippen molar-refractivity contribution in [3.8, 4) is 0 Å². The third-order valence-corrected chi connectivity index (χ3v) is 15.2. The molecule has 3 aliphatic heterocycles. The highest BCUT2D eigenvalue weighted by atomic mass is 32.2. The van der Waals surface area contributed by atoms with E-state index in [2.05, 4.69) is 4.98 Å². The lowest BCUT2D eigenvalue weighted by Gasteiger charge is -2.48. The van der Waals surface area contributed by atoms with Crippen molar-refractivity contribution in [2.75, 3.05) is 34.3 Å². The van der Waals surface area contributed by atoms with Crippen molar-refractivity contribution in [2.45, 2.75) is 146 Å². The molecular formula is C46H63F5N4O13S. The molecule has 2 aromatic rings. The number of aromatic nitrogens is 1. The first kappa shape index (κ1) is 55.5. The zero-order valence-electron chi connectivity index (χ0n) is 40.5. The van der Waals surface area contributed by atoms with Crippen LogP contribution in [0.1, 0.15) is 80.3 Å². The standard InChI is InChI=1S/C46H63F5N4O13S/c1-12-29-46(8)40(55(44(60)68-46)18-17-53-69(61,62)39-34(50)32(48)31(47)33(49)35(39)51)24(4)36(57)22(2)21-45(7,63-11)41(67-43-37(58)28(54(9)10)19-23(3)64-43)25(5)38(26(6)42(59)65-29)66-30(56)20-27-15-13-14-16-52-27/h13-16,22-26,28-29,37-38,40-41,43,53,58H,12,17-21H2,1-11H3/t22-,23-,24+,25-,26-,28+,29-,37-,38-,40+,41-,43+,45-,46-/m1/s1. The van der Waals surface area contributed by atoms with E-state index in [1.807, 2.05) is 11.8 Å².